The van der Waals surface area contributed by atoms with Gasteiger partial charge in [0.1, 0.15) is 12.4 Å². The monoisotopic (exact) mass is 228 g/mol. The van der Waals surface area contributed by atoms with E-state index in [1.807, 2.05) is 43.3 Å². The third kappa shape index (κ3) is 3.06. The number of carbonyl (C=O) groups is 1. The number of fused-ring (bicyclic) bond motifs is 1. The Labute approximate surface area is 101 Å². The van der Waals surface area contributed by atoms with Gasteiger partial charge < -0.3 is 4.74 Å². The average molecular weight is 228 g/mol. The number of Topliss-reactive ketones (excluding diaryl/α,β-unsaturated/α-hetero) is 1. The van der Waals surface area contributed by atoms with Gasteiger partial charge in [-0.15, -0.1) is 0 Å². The van der Waals surface area contributed by atoms with Crippen LogP contribution in [0.4, 0.5) is 0 Å². The lowest BCUT2D eigenvalue weighted by atomic mass is 10.1. The summed E-state index contributed by atoms with van der Waals surface area (Å²) in [5, 5.41) is 2.31. The summed E-state index contributed by atoms with van der Waals surface area (Å²) in [7, 11) is 0. The molecule has 0 bridgehead atoms. The summed E-state index contributed by atoms with van der Waals surface area (Å²) in [5.74, 6) is 0.911. The van der Waals surface area contributed by atoms with Crippen LogP contribution in [0.3, 0.4) is 0 Å². The van der Waals surface area contributed by atoms with E-state index in [0.29, 0.717) is 6.42 Å². The molecule has 88 valence electrons. The normalized spacial score (nSPS) is 10.4. The van der Waals surface area contributed by atoms with Gasteiger partial charge in [0, 0.05) is 6.42 Å². The number of hydrogen-bond donors (Lipinski definition) is 0. The van der Waals surface area contributed by atoms with Gasteiger partial charge in [0.25, 0.3) is 0 Å². The van der Waals surface area contributed by atoms with E-state index in [1.165, 1.54) is 5.39 Å². The Morgan fingerprint density at radius 1 is 1.12 bits per heavy atom. The van der Waals surface area contributed by atoms with Crippen molar-refractivity contribution in [2.45, 2.75) is 19.8 Å². The maximum Gasteiger partial charge on any atom is 0.170 e. The predicted molar refractivity (Wildman–Crippen MR) is 69.4 cm³/mol. The summed E-state index contributed by atoms with van der Waals surface area (Å²) in [6.45, 7) is 2.17. The summed E-state index contributed by atoms with van der Waals surface area (Å²) >= 11 is 0. The van der Waals surface area contributed by atoms with Crippen LogP contribution in [0.25, 0.3) is 10.8 Å². The molecule has 0 atom stereocenters. The van der Waals surface area contributed by atoms with Crippen LogP contribution in [-0.2, 0) is 4.79 Å². The molecule has 0 aliphatic carbocycles. The first-order valence-corrected chi connectivity index (χ1v) is 5.93. The van der Waals surface area contributed by atoms with Gasteiger partial charge in [-0.1, -0.05) is 37.3 Å². The Morgan fingerprint density at radius 2 is 1.88 bits per heavy atom. The third-order valence-electron chi connectivity index (χ3n) is 2.65. The average Bonchev–Trinajstić information content (AvgIpc) is 2.36. The molecule has 0 aromatic heterocycles. The van der Waals surface area contributed by atoms with Crippen molar-refractivity contribution in [2.75, 3.05) is 6.61 Å². The zero-order chi connectivity index (χ0) is 12.1. The number of benzene rings is 2. The highest BCUT2D eigenvalue weighted by Gasteiger charge is 2.02. The molecule has 2 aromatic rings. The van der Waals surface area contributed by atoms with E-state index in [4.69, 9.17) is 4.74 Å². The number of ether oxygens (including phenoxy) is 1. The van der Waals surface area contributed by atoms with Crippen molar-refractivity contribution in [2.24, 2.45) is 0 Å². The number of rotatable bonds is 5. The van der Waals surface area contributed by atoms with Crippen molar-refractivity contribution < 1.29 is 9.53 Å². The van der Waals surface area contributed by atoms with Crippen molar-refractivity contribution in [3.63, 3.8) is 0 Å². The molecular weight excluding hydrogens is 212 g/mol. The molecule has 0 aliphatic rings. The van der Waals surface area contributed by atoms with Crippen LogP contribution in [-0.4, -0.2) is 12.4 Å². The molecule has 0 radical (unpaired) electrons. The molecule has 2 rings (SSSR count). The molecule has 0 fully saturated rings. The Kier molecular flexibility index (Phi) is 3.76. The van der Waals surface area contributed by atoms with Gasteiger partial charge in [0.2, 0.25) is 0 Å². The zero-order valence-electron chi connectivity index (χ0n) is 9.98. The molecule has 0 aliphatic heterocycles. The predicted octanol–water partition coefficient (Wildman–Crippen LogP) is 3.59. The zero-order valence-corrected chi connectivity index (χ0v) is 9.98. The fourth-order valence-electron chi connectivity index (χ4n) is 1.77. The Balaban J connectivity index is 2.06. The lowest BCUT2D eigenvalue weighted by Crippen LogP contribution is -2.10. The molecule has 2 heteroatoms. The third-order valence-corrected chi connectivity index (χ3v) is 2.65. The van der Waals surface area contributed by atoms with Gasteiger partial charge >= 0.3 is 0 Å². The van der Waals surface area contributed by atoms with Gasteiger partial charge in [0.05, 0.1) is 0 Å². The molecule has 0 saturated carbocycles. The van der Waals surface area contributed by atoms with Crippen molar-refractivity contribution in [1.82, 2.24) is 0 Å². The summed E-state index contributed by atoms with van der Waals surface area (Å²) in [4.78, 5) is 11.4. The van der Waals surface area contributed by atoms with Crippen molar-refractivity contribution in [3.05, 3.63) is 42.5 Å². The smallest absolute Gasteiger partial charge is 0.170 e. The molecule has 0 spiro atoms. The number of carbonyl (C=O) groups excluding carboxylic acids is 1. The van der Waals surface area contributed by atoms with Gasteiger partial charge in [-0.05, 0) is 29.3 Å². The fourth-order valence-corrected chi connectivity index (χ4v) is 1.77. The molecule has 0 saturated heterocycles. The molecule has 2 aromatic carbocycles. The van der Waals surface area contributed by atoms with Crippen LogP contribution in [0.2, 0.25) is 0 Å². The van der Waals surface area contributed by atoms with Gasteiger partial charge in [-0.3, -0.25) is 4.79 Å². The maximum absolute atomic E-state index is 11.4. The topological polar surface area (TPSA) is 26.3 Å². The minimum absolute atomic E-state index is 0.153. The number of hydrogen-bond acceptors (Lipinski definition) is 2. The minimum Gasteiger partial charge on any atom is -0.486 e. The molecule has 0 amide bonds. The lowest BCUT2D eigenvalue weighted by molar-refractivity contribution is -0.121. The SMILES string of the molecule is CCCC(=O)COc1ccc2ccccc2c1. The van der Waals surface area contributed by atoms with Crippen LogP contribution in [0.5, 0.6) is 5.75 Å². The molecule has 0 heterocycles. The van der Waals surface area contributed by atoms with Crippen LogP contribution in [0.15, 0.2) is 42.5 Å². The summed E-state index contributed by atoms with van der Waals surface area (Å²) in [6, 6.07) is 14.0. The Morgan fingerprint density at radius 3 is 2.65 bits per heavy atom. The minimum atomic E-state index is 0.153. The first-order chi connectivity index (χ1) is 8.29. The van der Waals surface area contributed by atoms with Crippen molar-refractivity contribution >= 4 is 16.6 Å². The van der Waals surface area contributed by atoms with Crippen LogP contribution in [0.1, 0.15) is 19.8 Å². The fraction of sp³-hybridized carbons (Fsp3) is 0.267. The van der Waals surface area contributed by atoms with E-state index in [1.54, 1.807) is 0 Å². The van der Waals surface area contributed by atoms with Crippen LogP contribution in [0, 0.1) is 0 Å². The van der Waals surface area contributed by atoms with E-state index < -0.39 is 0 Å². The summed E-state index contributed by atoms with van der Waals surface area (Å²) < 4.78 is 5.48. The lowest BCUT2D eigenvalue weighted by Gasteiger charge is -2.06. The van der Waals surface area contributed by atoms with Crippen molar-refractivity contribution in [3.8, 4) is 5.75 Å². The van der Waals surface area contributed by atoms with E-state index in [-0.39, 0.29) is 12.4 Å². The first kappa shape index (κ1) is 11.6. The maximum atomic E-state index is 11.4. The van der Waals surface area contributed by atoms with Gasteiger partial charge in [-0.25, -0.2) is 0 Å². The van der Waals surface area contributed by atoms with E-state index in [9.17, 15) is 4.79 Å². The van der Waals surface area contributed by atoms with Gasteiger partial charge in [-0.2, -0.15) is 0 Å². The quantitative estimate of drug-likeness (QED) is 0.781. The molecular formula is C15H16O2. The number of ketones is 1. The first-order valence-electron chi connectivity index (χ1n) is 5.93. The van der Waals surface area contributed by atoms with Crippen LogP contribution < -0.4 is 4.74 Å². The second-order valence-electron chi connectivity index (χ2n) is 4.09. The van der Waals surface area contributed by atoms with E-state index >= 15 is 0 Å². The highest BCUT2D eigenvalue weighted by atomic mass is 16.5. The van der Waals surface area contributed by atoms with E-state index in [0.717, 1.165) is 17.6 Å². The Hall–Kier alpha value is -1.83. The standard InChI is InChI=1S/C15H16O2/c1-2-5-14(16)11-17-15-9-8-12-6-3-4-7-13(12)10-15/h3-4,6-10H,2,5,11H2,1H3. The largest absolute Gasteiger partial charge is 0.486 e. The highest BCUT2D eigenvalue weighted by molar-refractivity contribution is 5.84. The van der Waals surface area contributed by atoms with Gasteiger partial charge in [0.15, 0.2) is 5.78 Å². The van der Waals surface area contributed by atoms with E-state index in [2.05, 4.69) is 6.07 Å². The molecule has 17 heavy (non-hydrogen) atoms. The summed E-state index contributed by atoms with van der Waals surface area (Å²) in [6.07, 6.45) is 1.47. The summed E-state index contributed by atoms with van der Waals surface area (Å²) in [5.41, 5.74) is 0. The molecule has 0 N–H and O–H groups in total. The Bertz CT molecular complexity index is 517. The molecule has 0 unspecified atom stereocenters. The molecule has 2 nitrogen and oxygen atoms in total. The van der Waals surface area contributed by atoms with Crippen LogP contribution >= 0.6 is 0 Å². The highest BCUT2D eigenvalue weighted by Crippen LogP contribution is 2.20. The second kappa shape index (κ2) is 5.48. The van der Waals surface area contributed by atoms with Crippen molar-refractivity contribution in [1.29, 1.82) is 0 Å². The second-order valence-corrected chi connectivity index (χ2v) is 4.09.